The molecular formula is C14H29NO3. The van der Waals surface area contributed by atoms with Gasteiger partial charge in [-0.15, -0.1) is 0 Å². The minimum atomic E-state index is 0.0198. The maximum atomic E-state index is 11.9. The molecule has 0 saturated carbocycles. The lowest BCUT2D eigenvalue weighted by molar-refractivity contribution is -0.132. The molecular weight excluding hydrogens is 230 g/mol. The van der Waals surface area contributed by atoms with Gasteiger partial charge in [0.05, 0.1) is 13.2 Å². The van der Waals surface area contributed by atoms with Crippen LogP contribution in [-0.2, 0) is 9.53 Å². The molecule has 0 bridgehead atoms. The third-order valence-corrected chi connectivity index (χ3v) is 3.03. The molecule has 0 unspecified atom stereocenters. The summed E-state index contributed by atoms with van der Waals surface area (Å²) in [6, 6.07) is 0. The van der Waals surface area contributed by atoms with Gasteiger partial charge in [-0.2, -0.15) is 0 Å². The van der Waals surface area contributed by atoms with Crippen molar-refractivity contribution in [2.75, 3.05) is 33.4 Å². The van der Waals surface area contributed by atoms with E-state index in [4.69, 9.17) is 9.84 Å². The molecule has 1 amide bonds. The Labute approximate surface area is 111 Å². The second-order valence-corrected chi connectivity index (χ2v) is 4.61. The Morgan fingerprint density at radius 1 is 1.11 bits per heavy atom. The zero-order valence-corrected chi connectivity index (χ0v) is 12.0. The molecule has 0 aliphatic carbocycles. The smallest absolute Gasteiger partial charge is 0.222 e. The molecule has 0 saturated heterocycles. The van der Waals surface area contributed by atoms with Crippen LogP contribution >= 0.6 is 0 Å². The van der Waals surface area contributed by atoms with Crippen LogP contribution in [0.5, 0.6) is 0 Å². The molecule has 0 aliphatic heterocycles. The molecule has 108 valence electrons. The van der Waals surface area contributed by atoms with E-state index in [-0.39, 0.29) is 12.5 Å². The fourth-order valence-corrected chi connectivity index (χ4v) is 1.90. The first-order valence-electron chi connectivity index (χ1n) is 7.13. The van der Waals surface area contributed by atoms with E-state index in [1.807, 2.05) is 0 Å². The summed E-state index contributed by atoms with van der Waals surface area (Å²) in [7, 11) is 1.62. The molecule has 1 N–H and O–H groups in total. The number of unbranched alkanes of at least 4 members (excludes halogenated alkanes) is 5. The van der Waals surface area contributed by atoms with Crippen molar-refractivity contribution >= 4 is 5.91 Å². The summed E-state index contributed by atoms with van der Waals surface area (Å²) >= 11 is 0. The van der Waals surface area contributed by atoms with E-state index in [0.29, 0.717) is 26.1 Å². The van der Waals surface area contributed by atoms with E-state index in [0.717, 1.165) is 12.8 Å². The lowest BCUT2D eigenvalue weighted by atomic mass is 10.1. The van der Waals surface area contributed by atoms with E-state index in [1.165, 1.54) is 25.7 Å². The molecule has 0 aromatic carbocycles. The number of amides is 1. The highest BCUT2D eigenvalue weighted by Gasteiger charge is 2.11. The third-order valence-electron chi connectivity index (χ3n) is 3.03. The average molecular weight is 259 g/mol. The van der Waals surface area contributed by atoms with Crippen LogP contribution in [0.3, 0.4) is 0 Å². The highest BCUT2D eigenvalue weighted by molar-refractivity contribution is 5.76. The molecule has 0 aromatic rings. The minimum Gasteiger partial charge on any atom is -0.395 e. The number of rotatable bonds is 12. The van der Waals surface area contributed by atoms with E-state index in [1.54, 1.807) is 12.0 Å². The molecule has 0 atom stereocenters. The Kier molecular flexibility index (Phi) is 12.4. The average Bonchev–Trinajstić information content (AvgIpc) is 2.38. The molecule has 18 heavy (non-hydrogen) atoms. The zero-order valence-electron chi connectivity index (χ0n) is 12.0. The maximum absolute atomic E-state index is 11.9. The number of hydrogen-bond acceptors (Lipinski definition) is 3. The van der Waals surface area contributed by atoms with Gasteiger partial charge in [0, 0.05) is 26.6 Å². The lowest BCUT2D eigenvalue weighted by Crippen LogP contribution is -2.36. The number of ether oxygens (including phenoxy) is 1. The molecule has 4 heteroatoms. The minimum absolute atomic E-state index is 0.0198. The number of carbonyl (C=O) groups excluding carboxylic acids is 1. The van der Waals surface area contributed by atoms with Crippen molar-refractivity contribution in [2.45, 2.75) is 51.9 Å². The van der Waals surface area contributed by atoms with Gasteiger partial charge >= 0.3 is 0 Å². The predicted molar refractivity (Wildman–Crippen MR) is 73.5 cm³/mol. The van der Waals surface area contributed by atoms with Crippen molar-refractivity contribution in [3.8, 4) is 0 Å². The van der Waals surface area contributed by atoms with Crippen LogP contribution in [0, 0.1) is 0 Å². The molecule has 0 aliphatic rings. The van der Waals surface area contributed by atoms with Crippen LogP contribution < -0.4 is 0 Å². The van der Waals surface area contributed by atoms with Crippen molar-refractivity contribution in [1.29, 1.82) is 0 Å². The van der Waals surface area contributed by atoms with Gasteiger partial charge in [-0.25, -0.2) is 0 Å². The summed E-state index contributed by atoms with van der Waals surface area (Å²) in [6.07, 6.45) is 7.71. The molecule has 4 nitrogen and oxygen atoms in total. The van der Waals surface area contributed by atoms with Crippen LogP contribution in [0.15, 0.2) is 0 Å². The van der Waals surface area contributed by atoms with Crippen molar-refractivity contribution in [3.05, 3.63) is 0 Å². The largest absolute Gasteiger partial charge is 0.395 e. The summed E-state index contributed by atoms with van der Waals surface area (Å²) in [6.45, 7) is 3.74. The van der Waals surface area contributed by atoms with Crippen molar-refractivity contribution < 1.29 is 14.6 Å². The fourth-order valence-electron chi connectivity index (χ4n) is 1.90. The first kappa shape index (κ1) is 17.4. The van der Waals surface area contributed by atoms with Gasteiger partial charge in [-0.3, -0.25) is 4.79 Å². The van der Waals surface area contributed by atoms with Crippen LogP contribution in [-0.4, -0.2) is 49.3 Å². The Bertz CT molecular complexity index is 197. The van der Waals surface area contributed by atoms with E-state index in [2.05, 4.69) is 6.92 Å². The van der Waals surface area contributed by atoms with Crippen LogP contribution in [0.25, 0.3) is 0 Å². The highest BCUT2D eigenvalue weighted by atomic mass is 16.5. The summed E-state index contributed by atoms with van der Waals surface area (Å²) in [5, 5.41) is 8.92. The molecule has 0 radical (unpaired) electrons. The Hall–Kier alpha value is -0.610. The molecule has 0 rings (SSSR count). The molecule has 0 aromatic heterocycles. The lowest BCUT2D eigenvalue weighted by Gasteiger charge is -2.21. The number of hydrogen-bond donors (Lipinski definition) is 1. The quantitative estimate of drug-likeness (QED) is 0.547. The monoisotopic (exact) mass is 259 g/mol. The number of carbonyl (C=O) groups is 1. The SMILES string of the molecule is CCCCCCCCC(=O)N(CCO)CCOC. The summed E-state index contributed by atoms with van der Waals surface area (Å²) in [5.41, 5.74) is 0. The zero-order chi connectivity index (χ0) is 13.6. The number of aliphatic hydroxyl groups is 1. The Morgan fingerprint density at radius 3 is 2.39 bits per heavy atom. The third kappa shape index (κ3) is 9.42. The van der Waals surface area contributed by atoms with Gasteiger partial charge in [0.15, 0.2) is 0 Å². The molecule has 0 spiro atoms. The second kappa shape index (κ2) is 12.8. The highest BCUT2D eigenvalue weighted by Crippen LogP contribution is 2.08. The van der Waals surface area contributed by atoms with E-state index < -0.39 is 0 Å². The Balaban J connectivity index is 3.67. The fraction of sp³-hybridized carbons (Fsp3) is 0.929. The van der Waals surface area contributed by atoms with Gasteiger partial charge < -0.3 is 14.7 Å². The topological polar surface area (TPSA) is 49.8 Å². The second-order valence-electron chi connectivity index (χ2n) is 4.61. The number of methoxy groups -OCH3 is 1. The van der Waals surface area contributed by atoms with Crippen molar-refractivity contribution in [2.24, 2.45) is 0 Å². The van der Waals surface area contributed by atoms with Crippen LogP contribution in [0.4, 0.5) is 0 Å². The van der Waals surface area contributed by atoms with Gasteiger partial charge in [0.1, 0.15) is 0 Å². The number of aliphatic hydroxyl groups excluding tert-OH is 1. The predicted octanol–water partition coefficient (Wildman–Crippen LogP) is 2.20. The number of nitrogens with zero attached hydrogens (tertiary/aromatic N) is 1. The van der Waals surface area contributed by atoms with Gasteiger partial charge in [0.25, 0.3) is 0 Å². The first-order valence-corrected chi connectivity index (χ1v) is 7.13. The normalized spacial score (nSPS) is 10.6. The van der Waals surface area contributed by atoms with Crippen molar-refractivity contribution in [3.63, 3.8) is 0 Å². The summed E-state index contributed by atoms with van der Waals surface area (Å²) < 4.78 is 4.96. The van der Waals surface area contributed by atoms with Gasteiger partial charge in [-0.1, -0.05) is 39.0 Å². The summed E-state index contributed by atoms with van der Waals surface area (Å²) in [4.78, 5) is 13.6. The standard InChI is InChI=1S/C14H29NO3/c1-3-4-5-6-7-8-9-14(17)15(10-12-16)11-13-18-2/h16H,3-13H2,1-2H3. The maximum Gasteiger partial charge on any atom is 0.222 e. The van der Waals surface area contributed by atoms with Crippen LogP contribution in [0.2, 0.25) is 0 Å². The van der Waals surface area contributed by atoms with Crippen molar-refractivity contribution in [1.82, 2.24) is 4.90 Å². The Morgan fingerprint density at radius 2 is 1.78 bits per heavy atom. The van der Waals surface area contributed by atoms with Crippen LogP contribution in [0.1, 0.15) is 51.9 Å². The summed E-state index contributed by atoms with van der Waals surface area (Å²) in [5.74, 6) is 0.136. The van der Waals surface area contributed by atoms with E-state index in [9.17, 15) is 4.79 Å². The first-order chi connectivity index (χ1) is 8.76. The molecule has 0 heterocycles. The van der Waals surface area contributed by atoms with E-state index >= 15 is 0 Å². The van der Waals surface area contributed by atoms with Gasteiger partial charge in [-0.05, 0) is 6.42 Å². The van der Waals surface area contributed by atoms with Gasteiger partial charge in [0.2, 0.25) is 5.91 Å². The molecule has 0 fully saturated rings.